The molecule has 0 unspecified atom stereocenters. The highest BCUT2D eigenvalue weighted by atomic mass is 127. The van der Waals surface area contributed by atoms with E-state index in [9.17, 15) is 0 Å². The number of nitrogens with one attached hydrogen (secondary N) is 1. The molecular formula is C6H8IN3S. The van der Waals surface area contributed by atoms with Gasteiger partial charge in [0.2, 0.25) is 0 Å². The van der Waals surface area contributed by atoms with Crippen LogP contribution in [0.3, 0.4) is 0 Å². The van der Waals surface area contributed by atoms with Gasteiger partial charge < -0.3 is 5.73 Å². The number of halogens is 1. The molecule has 1 aromatic heterocycles. The van der Waals surface area contributed by atoms with Crippen LogP contribution in [-0.2, 0) is 6.54 Å². The fraction of sp³-hybridized carbons (Fsp3) is 0.167. The van der Waals surface area contributed by atoms with Crippen molar-refractivity contribution in [2.45, 2.75) is 6.54 Å². The Morgan fingerprint density at radius 1 is 1.73 bits per heavy atom. The minimum atomic E-state index is 0.757. The van der Waals surface area contributed by atoms with Crippen LogP contribution in [0.25, 0.3) is 0 Å². The van der Waals surface area contributed by atoms with Crippen LogP contribution in [0.15, 0.2) is 18.5 Å². The summed E-state index contributed by atoms with van der Waals surface area (Å²) in [5.74, 6) is 0. The number of hydrogen-bond donors (Lipinski definition) is 2. The van der Waals surface area contributed by atoms with Gasteiger partial charge in [-0.2, -0.15) is 0 Å². The van der Waals surface area contributed by atoms with Crippen molar-refractivity contribution in [3.05, 3.63) is 24.0 Å². The van der Waals surface area contributed by atoms with Gasteiger partial charge in [-0.25, -0.2) is 0 Å². The minimum absolute atomic E-state index is 0.757. The monoisotopic (exact) mass is 281 g/mol. The summed E-state index contributed by atoms with van der Waals surface area (Å²) in [4.78, 5) is 3.97. The summed E-state index contributed by atoms with van der Waals surface area (Å²) in [6.45, 7) is 0.757. The summed E-state index contributed by atoms with van der Waals surface area (Å²) < 4.78 is 3.09. The molecule has 1 rings (SSSR count). The fourth-order valence-corrected chi connectivity index (χ4v) is 1.37. The van der Waals surface area contributed by atoms with Gasteiger partial charge in [-0.15, -0.1) is 0 Å². The first-order valence-electron chi connectivity index (χ1n) is 3.03. The Bertz CT molecular complexity index is 231. The highest BCUT2D eigenvalue weighted by Crippen LogP contribution is 2.11. The third-order valence-corrected chi connectivity index (χ3v) is 2.45. The number of aromatic nitrogens is 1. The second kappa shape index (κ2) is 4.78. The molecule has 0 aliphatic carbocycles. The van der Waals surface area contributed by atoms with Crippen molar-refractivity contribution in [2.24, 2.45) is 0 Å². The number of rotatable bonds is 3. The summed E-state index contributed by atoms with van der Waals surface area (Å²) in [5.41, 5.74) is 7.50. The molecule has 1 aromatic rings. The van der Waals surface area contributed by atoms with E-state index in [0.717, 1.165) is 17.8 Å². The van der Waals surface area contributed by atoms with Crippen molar-refractivity contribution in [3.63, 3.8) is 0 Å². The normalized spacial score (nSPS) is 9.91. The molecule has 3 nitrogen and oxygen atoms in total. The van der Waals surface area contributed by atoms with Crippen LogP contribution in [-0.4, -0.2) is 4.98 Å². The first-order chi connectivity index (χ1) is 5.34. The smallest absolute Gasteiger partial charge is 0.0390 e. The third kappa shape index (κ3) is 2.84. The Kier molecular flexibility index (Phi) is 3.95. The molecule has 0 saturated heterocycles. The van der Waals surface area contributed by atoms with E-state index in [1.165, 1.54) is 0 Å². The van der Waals surface area contributed by atoms with Crippen LogP contribution in [0.4, 0.5) is 5.69 Å². The Hall–Kier alpha value is -0.0100. The molecule has 5 heteroatoms. The van der Waals surface area contributed by atoms with Crippen LogP contribution in [0.2, 0.25) is 0 Å². The molecule has 0 fully saturated rings. The Labute approximate surface area is 81.9 Å². The topological polar surface area (TPSA) is 50.9 Å². The highest BCUT2D eigenvalue weighted by molar-refractivity contribution is 14.2. The van der Waals surface area contributed by atoms with E-state index in [1.807, 2.05) is 0 Å². The average molecular weight is 281 g/mol. The van der Waals surface area contributed by atoms with Crippen molar-refractivity contribution in [3.8, 4) is 0 Å². The predicted octanol–water partition coefficient (Wildman–Crippen LogP) is 1.75. The second-order valence-corrected chi connectivity index (χ2v) is 3.74. The number of hydrogen-bond acceptors (Lipinski definition) is 4. The molecule has 3 N–H and O–H groups in total. The SMILES string of the molecule is Nc1ccncc1CNSI. The van der Waals surface area contributed by atoms with Crippen LogP contribution in [0.5, 0.6) is 0 Å². The fourth-order valence-electron chi connectivity index (χ4n) is 0.691. The molecule has 1 heterocycles. The van der Waals surface area contributed by atoms with Crippen molar-refractivity contribution in [1.29, 1.82) is 0 Å². The van der Waals surface area contributed by atoms with Gasteiger partial charge in [0.05, 0.1) is 0 Å². The van der Waals surface area contributed by atoms with Crippen LogP contribution < -0.4 is 10.5 Å². The van der Waals surface area contributed by atoms with Gasteiger partial charge in [-0.1, -0.05) is 0 Å². The lowest BCUT2D eigenvalue weighted by Crippen LogP contribution is -2.04. The zero-order valence-corrected chi connectivity index (χ0v) is 8.72. The molecular weight excluding hydrogens is 273 g/mol. The zero-order chi connectivity index (χ0) is 8.10. The maximum Gasteiger partial charge on any atom is 0.0390 e. The van der Waals surface area contributed by atoms with E-state index >= 15 is 0 Å². The Balaban J connectivity index is 2.62. The van der Waals surface area contributed by atoms with Crippen molar-refractivity contribution in [2.75, 3.05) is 5.73 Å². The molecule has 0 bridgehead atoms. The number of nitrogens with two attached hydrogens (primary N) is 1. The predicted molar refractivity (Wildman–Crippen MR) is 57.1 cm³/mol. The lowest BCUT2D eigenvalue weighted by molar-refractivity contribution is 0.975. The number of pyridine rings is 1. The van der Waals surface area contributed by atoms with Gasteiger partial charge in [-0.05, 0) is 15.2 Å². The quantitative estimate of drug-likeness (QED) is 0.654. The second-order valence-electron chi connectivity index (χ2n) is 1.97. The Morgan fingerprint density at radius 2 is 2.55 bits per heavy atom. The number of nitrogens with zero attached hydrogens (tertiary/aromatic N) is 1. The van der Waals surface area contributed by atoms with E-state index in [-0.39, 0.29) is 0 Å². The summed E-state index contributed by atoms with van der Waals surface area (Å²) >= 11 is 2.17. The summed E-state index contributed by atoms with van der Waals surface area (Å²) in [7, 11) is 1.54. The van der Waals surface area contributed by atoms with E-state index < -0.39 is 0 Å². The van der Waals surface area contributed by atoms with Crippen LogP contribution in [0.1, 0.15) is 5.56 Å². The lowest BCUT2D eigenvalue weighted by Gasteiger charge is -2.02. The third-order valence-electron chi connectivity index (χ3n) is 1.26. The Morgan fingerprint density at radius 3 is 3.18 bits per heavy atom. The molecule has 0 atom stereocenters. The van der Waals surface area contributed by atoms with Crippen molar-refractivity contribution < 1.29 is 0 Å². The van der Waals surface area contributed by atoms with Crippen molar-refractivity contribution >= 4 is 36.0 Å². The van der Waals surface area contributed by atoms with E-state index in [4.69, 9.17) is 5.73 Å². The molecule has 11 heavy (non-hydrogen) atoms. The molecule has 0 saturated carbocycles. The minimum Gasteiger partial charge on any atom is -0.398 e. The molecule has 0 spiro atoms. The number of nitrogen functional groups attached to an aromatic ring is 1. The largest absolute Gasteiger partial charge is 0.398 e. The number of anilines is 1. The summed E-state index contributed by atoms with van der Waals surface area (Å²) in [6.07, 6.45) is 3.46. The standard InChI is InChI=1S/C6H8IN3S/c7-11-10-4-5-3-9-2-1-6(5)8/h1-3,10H,4H2,(H2,8,9). The van der Waals surface area contributed by atoms with Gasteiger partial charge >= 0.3 is 0 Å². The van der Waals surface area contributed by atoms with Gasteiger partial charge in [0, 0.05) is 51.4 Å². The first kappa shape index (κ1) is 9.08. The first-order valence-corrected chi connectivity index (χ1v) is 6.39. The lowest BCUT2D eigenvalue weighted by atomic mass is 10.2. The molecule has 0 radical (unpaired) electrons. The van der Waals surface area contributed by atoms with E-state index in [0.29, 0.717) is 0 Å². The van der Waals surface area contributed by atoms with Crippen molar-refractivity contribution in [1.82, 2.24) is 9.71 Å². The molecule has 0 amide bonds. The van der Waals surface area contributed by atoms with Gasteiger partial charge in [0.1, 0.15) is 0 Å². The van der Waals surface area contributed by atoms with Gasteiger partial charge in [0.25, 0.3) is 0 Å². The van der Waals surface area contributed by atoms with E-state index in [1.54, 1.807) is 27.6 Å². The summed E-state index contributed by atoms with van der Waals surface area (Å²) in [6, 6.07) is 1.80. The van der Waals surface area contributed by atoms with Crippen LogP contribution in [0, 0.1) is 0 Å². The zero-order valence-electron chi connectivity index (χ0n) is 5.75. The summed E-state index contributed by atoms with van der Waals surface area (Å²) in [5, 5.41) is 0. The molecule has 0 aromatic carbocycles. The molecule has 0 aliphatic rings. The highest BCUT2D eigenvalue weighted by Gasteiger charge is 1.95. The maximum absolute atomic E-state index is 5.67. The molecule has 60 valence electrons. The van der Waals surface area contributed by atoms with Crippen LogP contribution >= 0.6 is 30.3 Å². The molecule has 0 aliphatic heterocycles. The van der Waals surface area contributed by atoms with Gasteiger partial charge in [0.15, 0.2) is 0 Å². The van der Waals surface area contributed by atoms with Gasteiger partial charge in [-0.3, -0.25) is 9.71 Å². The average Bonchev–Trinajstić information content (AvgIpc) is 2.03. The maximum atomic E-state index is 5.67. The van der Waals surface area contributed by atoms with E-state index in [2.05, 4.69) is 30.9 Å².